The van der Waals surface area contributed by atoms with Crippen molar-refractivity contribution < 1.29 is 9.50 Å². The van der Waals surface area contributed by atoms with Crippen LogP contribution in [0.25, 0.3) is 6.08 Å². The average Bonchev–Trinajstić information content (AvgIpc) is 2.94. The summed E-state index contributed by atoms with van der Waals surface area (Å²) in [5.74, 6) is 2.85. The first-order chi connectivity index (χ1) is 13.4. The van der Waals surface area contributed by atoms with E-state index < -0.39 is 6.10 Å². The number of rotatable bonds is 1. The molecule has 4 fully saturated rings. The van der Waals surface area contributed by atoms with Gasteiger partial charge in [-0.25, -0.2) is 4.39 Å². The summed E-state index contributed by atoms with van der Waals surface area (Å²) in [5.41, 5.74) is 2.18. The van der Waals surface area contributed by atoms with Crippen LogP contribution in [0.5, 0.6) is 0 Å². The Hall–Kier alpha value is -1.15. The lowest BCUT2D eigenvalue weighted by Crippen LogP contribution is -2.53. The van der Waals surface area contributed by atoms with Gasteiger partial charge in [0.05, 0.1) is 6.10 Å². The molecule has 2 heteroatoms. The van der Waals surface area contributed by atoms with E-state index in [9.17, 15) is 9.50 Å². The van der Waals surface area contributed by atoms with Crippen LogP contribution in [0, 0.1) is 40.3 Å². The Balaban J connectivity index is 1.47. The summed E-state index contributed by atoms with van der Waals surface area (Å²) in [6.45, 7) is 4.91. The van der Waals surface area contributed by atoms with Crippen LogP contribution in [0.1, 0.15) is 77.2 Å². The van der Waals surface area contributed by atoms with Gasteiger partial charge in [-0.3, -0.25) is 0 Å². The molecule has 0 spiro atoms. The average molecular weight is 383 g/mol. The number of aliphatic hydroxyl groups excluding tert-OH is 1. The number of halogens is 1. The molecule has 7 atom stereocenters. The standard InChI is InChI=1S/C26H35FO/c1-25-13-6-5-8-19(25)10-11-20-21(25)12-14-26(2)22(20)16-18(24(26)28)15-17-7-3-4-9-23(17)27/h3-4,7,9,15,19-22,24,28H,5-6,8,10-14,16H2,1-2H3/b18-15+/t19-,20+,21-,22-,24-,25-,26-/m0/s1. The van der Waals surface area contributed by atoms with E-state index in [-0.39, 0.29) is 11.2 Å². The van der Waals surface area contributed by atoms with Crippen molar-refractivity contribution in [2.45, 2.75) is 77.7 Å². The second-order valence-corrected chi connectivity index (χ2v) is 10.8. The zero-order valence-electron chi connectivity index (χ0n) is 17.5. The Kier molecular flexibility index (Phi) is 4.50. The Morgan fingerprint density at radius 2 is 1.79 bits per heavy atom. The molecule has 0 saturated heterocycles. The maximum atomic E-state index is 14.2. The largest absolute Gasteiger partial charge is 0.388 e. The number of benzene rings is 1. The molecule has 0 bridgehead atoms. The Bertz CT molecular complexity index is 784. The molecule has 4 saturated carbocycles. The van der Waals surface area contributed by atoms with Crippen LogP contribution in [0.15, 0.2) is 29.8 Å². The van der Waals surface area contributed by atoms with Crippen molar-refractivity contribution in [3.05, 3.63) is 41.2 Å². The molecule has 4 aliphatic rings. The van der Waals surface area contributed by atoms with Gasteiger partial charge in [0.2, 0.25) is 0 Å². The molecule has 1 aromatic carbocycles. The summed E-state index contributed by atoms with van der Waals surface area (Å²) in [6, 6.07) is 6.96. The molecule has 1 N–H and O–H groups in total. The smallest absolute Gasteiger partial charge is 0.130 e. The maximum Gasteiger partial charge on any atom is 0.130 e. The number of hydrogen-bond acceptors (Lipinski definition) is 1. The van der Waals surface area contributed by atoms with E-state index in [0.29, 0.717) is 16.9 Å². The quantitative estimate of drug-likeness (QED) is 0.579. The highest BCUT2D eigenvalue weighted by Gasteiger charge is 2.60. The third-order valence-electron chi connectivity index (χ3n) is 9.70. The zero-order chi connectivity index (χ0) is 19.5. The van der Waals surface area contributed by atoms with E-state index in [2.05, 4.69) is 13.8 Å². The van der Waals surface area contributed by atoms with Crippen molar-refractivity contribution in [3.8, 4) is 0 Å². The SMILES string of the molecule is C[C@]12CCCC[C@H]1CC[C@@H]1[C@@H]2CC[C@]2(C)[C@@H](O)/C(=C/c3ccccc3F)C[C@@H]12. The normalized spacial score (nSPS) is 46.7. The summed E-state index contributed by atoms with van der Waals surface area (Å²) in [5, 5.41) is 11.3. The number of aliphatic hydroxyl groups is 1. The number of fused-ring (bicyclic) bond motifs is 5. The van der Waals surface area contributed by atoms with Crippen molar-refractivity contribution in [3.63, 3.8) is 0 Å². The first-order valence-electron chi connectivity index (χ1n) is 11.6. The van der Waals surface area contributed by atoms with Crippen LogP contribution in [-0.4, -0.2) is 11.2 Å². The van der Waals surface area contributed by atoms with E-state index in [1.807, 2.05) is 18.2 Å². The van der Waals surface area contributed by atoms with Crippen molar-refractivity contribution in [2.75, 3.05) is 0 Å². The lowest BCUT2D eigenvalue weighted by atomic mass is 9.45. The predicted octanol–water partition coefficient (Wildman–Crippen LogP) is 6.61. The van der Waals surface area contributed by atoms with E-state index in [0.717, 1.165) is 36.2 Å². The first kappa shape index (κ1) is 18.9. The van der Waals surface area contributed by atoms with Crippen LogP contribution in [0.3, 0.4) is 0 Å². The molecule has 28 heavy (non-hydrogen) atoms. The van der Waals surface area contributed by atoms with Crippen molar-refractivity contribution in [1.82, 2.24) is 0 Å². The highest BCUT2D eigenvalue weighted by molar-refractivity contribution is 5.56. The molecule has 0 aliphatic heterocycles. The topological polar surface area (TPSA) is 20.2 Å². The molecule has 1 aromatic rings. The van der Waals surface area contributed by atoms with Crippen LogP contribution in [-0.2, 0) is 0 Å². The lowest BCUT2D eigenvalue weighted by molar-refractivity contribution is -0.119. The summed E-state index contributed by atoms with van der Waals surface area (Å²) in [6.07, 6.45) is 13.3. The second kappa shape index (κ2) is 6.69. The van der Waals surface area contributed by atoms with Gasteiger partial charge in [-0.1, -0.05) is 51.0 Å². The van der Waals surface area contributed by atoms with E-state index >= 15 is 0 Å². The van der Waals surface area contributed by atoms with E-state index in [1.165, 1.54) is 51.0 Å². The van der Waals surface area contributed by atoms with Gasteiger partial charge in [-0.15, -0.1) is 0 Å². The van der Waals surface area contributed by atoms with Crippen molar-refractivity contribution in [1.29, 1.82) is 0 Å². The highest BCUT2D eigenvalue weighted by atomic mass is 19.1. The molecular weight excluding hydrogens is 347 g/mol. The van der Waals surface area contributed by atoms with E-state index in [4.69, 9.17) is 0 Å². The molecule has 4 aliphatic carbocycles. The lowest BCUT2D eigenvalue weighted by Gasteiger charge is -2.60. The predicted molar refractivity (Wildman–Crippen MR) is 112 cm³/mol. The minimum Gasteiger partial charge on any atom is -0.388 e. The molecule has 152 valence electrons. The second-order valence-electron chi connectivity index (χ2n) is 10.8. The molecule has 0 unspecified atom stereocenters. The third-order valence-corrected chi connectivity index (χ3v) is 9.70. The summed E-state index contributed by atoms with van der Waals surface area (Å²) in [4.78, 5) is 0. The van der Waals surface area contributed by atoms with Crippen LogP contribution >= 0.6 is 0 Å². The number of hydrogen-bond donors (Lipinski definition) is 1. The fourth-order valence-electron chi connectivity index (χ4n) is 8.09. The Labute approximate surface area is 169 Å². The van der Waals surface area contributed by atoms with Gasteiger partial charge >= 0.3 is 0 Å². The summed E-state index contributed by atoms with van der Waals surface area (Å²) < 4.78 is 14.2. The molecule has 1 nitrogen and oxygen atoms in total. The molecule has 0 aromatic heterocycles. The van der Waals surface area contributed by atoms with Crippen molar-refractivity contribution in [2.24, 2.45) is 34.5 Å². The van der Waals surface area contributed by atoms with Gasteiger partial charge in [0, 0.05) is 11.0 Å². The molecular formula is C26H35FO. The van der Waals surface area contributed by atoms with Crippen LogP contribution in [0.4, 0.5) is 4.39 Å². The van der Waals surface area contributed by atoms with Gasteiger partial charge < -0.3 is 5.11 Å². The first-order valence-corrected chi connectivity index (χ1v) is 11.6. The molecule has 0 radical (unpaired) electrons. The minimum atomic E-state index is -0.421. The van der Waals surface area contributed by atoms with Gasteiger partial charge in [-0.05, 0) is 85.7 Å². The summed E-state index contributed by atoms with van der Waals surface area (Å²) >= 11 is 0. The minimum absolute atomic E-state index is 0.0316. The monoisotopic (exact) mass is 382 g/mol. The van der Waals surface area contributed by atoms with E-state index in [1.54, 1.807) is 6.07 Å². The van der Waals surface area contributed by atoms with Crippen LogP contribution < -0.4 is 0 Å². The molecule has 0 amide bonds. The van der Waals surface area contributed by atoms with Gasteiger partial charge in [-0.2, -0.15) is 0 Å². The van der Waals surface area contributed by atoms with Gasteiger partial charge in [0.1, 0.15) is 5.82 Å². The van der Waals surface area contributed by atoms with Gasteiger partial charge in [0.15, 0.2) is 0 Å². The fraction of sp³-hybridized carbons (Fsp3) is 0.692. The Morgan fingerprint density at radius 1 is 0.964 bits per heavy atom. The maximum absolute atomic E-state index is 14.2. The van der Waals surface area contributed by atoms with Gasteiger partial charge in [0.25, 0.3) is 0 Å². The fourth-order valence-corrected chi connectivity index (χ4v) is 8.09. The molecule has 5 rings (SSSR count). The molecule has 0 heterocycles. The Morgan fingerprint density at radius 3 is 2.61 bits per heavy atom. The van der Waals surface area contributed by atoms with Crippen molar-refractivity contribution >= 4 is 6.08 Å². The van der Waals surface area contributed by atoms with Crippen LogP contribution in [0.2, 0.25) is 0 Å². The zero-order valence-corrected chi connectivity index (χ0v) is 17.5. The summed E-state index contributed by atoms with van der Waals surface area (Å²) in [7, 11) is 0. The third kappa shape index (κ3) is 2.66. The highest BCUT2D eigenvalue weighted by Crippen LogP contribution is 2.67.